The molecule has 1 heterocycles. The van der Waals surface area contributed by atoms with E-state index >= 15 is 0 Å². The molecule has 3 aromatic carbocycles. The van der Waals surface area contributed by atoms with Crippen molar-refractivity contribution in [2.45, 2.75) is 50.2 Å². The van der Waals surface area contributed by atoms with Gasteiger partial charge in [-0.3, -0.25) is 4.90 Å². The normalized spacial score (nSPS) is 22.3. The number of carboxylic acid groups (broad SMARTS) is 1. The zero-order valence-corrected chi connectivity index (χ0v) is 19.3. The highest BCUT2D eigenvalue weighted by Gasteiger charge is 2.51. The molecule has 1 aliphatic rings. The van der Waals surface area contributed by atoms with Gasteiger partial charge < -0.3 is 20.1 Å². The van der Waals surface area contributed by atoms with Crippen molar-refractivity contribution >= 4 is 12.1 Å². The van der Waals surface area contributed by atoms with Crippen LogP contribution in [0.15, 0.2) is 84.9 Å². The molecule has 7 nitrogen and oxygen atoms in total. The van der Waals surface area contributed by atoms with Gasteiger partial charge in [-0.2, -0.15) is 0 Å². The van der Waals surface area contributed by atoms with Crippen LogP contribution in [-0.2, 0) is 35.5 Å². The Morgan fingerprint density at radius 2 is 1.46 bits per heavy atom. The van der Waals surface area contributed by atoms with Gasteiger partial charge in [0.25, 0.3) is 0 Å². The maximum Gasteiger partial charge on any atom is 0.411 e. The monoisotopic (exact) mass is 475 g/mol. The van der Waals surface area contributed by atoms with Crippen molar-refractivity contribution in [3.63, 3.8) is 0 Å². The number of hydrogen-bond acceptors (Lipinski definition) is 5. The molecule has 3 N–H and O–H groups in total. The fourth-order valence-electron chi connectivity index (χ4n) is 4.56. The summed E-state index contributed by atoms with van der Waals surface area (Å²) in [4.78, 5) is 27.4. The van der Waals surface area contributed by atoms with Crippen LogP contribution in [0.1, 0.15) is 28.7 Å². The molecule has 3 atom stereocenters. The highest BCUT2D eigenvalue weighted by molar-refractivity contribution is 5.83. The summed E-state index contributed by atoms with van der Waals surface area (Å²) in [5, 5.41) is 30.9. The molecule has 3 aromatic rings. The molecule has 0 saturated carbocycles. The van der Waals surface area contributed by atoms with E-state index in [1.54, 1.807) is 48.5 Å². The Labute approximate surface area is 204 Å². The summed E-state index contributed by atoms with van der Waals surface area (Å²) in [6.07, 6.45) is -1.87. The van der Waals surface area contributed by atoms with Gasteiger partial charge in [0.15, 0.2) is 0 Å². The van der Waals surface area contributed by atoms with Crippen LogP contribution in [0.5, 0.6) is 0 Å². The van der Waals surface area contributed by atoms with E-state index in [1.165, 1.54) is 4.90 Å². The number of rotatable bonds is 8. The molecule has 0 radical (unpaired) electrons. The predicted octanol–water partition coefficient (Wildman–Crippen LogP) is 3.56. The van der Waals surface area contributed by atoms with Crippen LogP contribution in [0.4, 0.5) is 4.79 Å². The van der Waals surface area contributed by atoms with E-state index in [-0.39, 0.29) is 26.0 Å². The fourth-order valence-corrected chi connectivity index (χ4v) is 4.56. The van der Waals surface area contributed by atoms with Crippen LogP contribution in [0.25, 0.3) is 0 Å². The highest BCUT2D eigenvalue weighted by atomic mass is 16.6. The first-order valence-corrected chi connectivity index (χ1v) is 11.6. The molecule has 0 aromatic heterocycles. The van der Waals surface area contributed by atoms with Crippen LogP contribution < -0.4 is 0 Å². The quantitative estimate of drug-likeness (QED) is 0.460. The highest BCUT2D eigenvalue weighted by Crippen LogP contribution is 2.33. The molecular weight excluding hydrogens is 446 g/mol. The predicted molar refractivity (Wildman–Crippen MR) is 129 cm³/mol. The number of aliphatic carboxylic acids is 1. The molecule has 35 heavy (non-hydrogen) atoms. The van der Waals surface area contributed by atoms with E-state index in [4.69, 9.17) is 4.74 Å². The number of carbonyl (C=O) groups is 2. The number of benzene rings is 3. The number of aliphatic hydroxyl groups is 2. The van der Waals surface area contributed by atoms with Gasteiger partial charge in [-0.1, -0.05) is 84.9 Å². The number of ether oxygens (including phenoxy) is 1. The number of carboxylic acids is 1. The molecule has 1 amide bonds. The van der Waals surface area contributed by atoms with Crippen molar-refractivity contribution < 1.29 is 29.6 Å². The van der Waals surface area contributed by atoms with E-state index in [2.05, 4.69) is 0 Å². The van der Waals surface area contributed by atoms with Gasteiger partial charge in [-0.15, -0.1) is 0 Å². The Kier molecular flexibility index (Phi) is 7.48. The van der Waals surface area contributed by atoms with Gasteiger partial charge >= 0.3 is 12.1 Å². The smallest absolute Gasteiger partial charge is 0.411 e. The van der Waals surface area contributed by atoms with E-state index in [0.717, 1.165) is 16.7 Å². The second-order valence-electron chi connectivity index (χ2n) is 8.96. The molecule has 1 saturated heterocycles. The molecule has 1 aliphatic heterocycles. The second kappa shape index (κ2) is 10.7. The van der Waals surface area contributed by atoms with Gasteiger partial charge in [0.1, 0.15) is 0 Å². The number of amides is 1. The maximum absolute atomic E-state index is 13.5. The van der Waals surface area contributed by atoms with Crippen molar-refractivity contribution in [3.8, 4) is 0 Å². The minimum atomic E-state index is -1.90. The number of hydrogen-bond donors (Lipinski definition) is 3. The molecule has 1 fully saturated rings. The molecular formula is C28H29NO6. The summed E-state index contributed by atoms with van der Waals surface area (Å²) in [6.45, 7) is 0.0299. The lowest BCUT2D eigenvalue weighted by atomic mass is 9.85. The molecule has 2 unspecified atom stereocenters. The summed E-state index contributed by atoms with van der Waals surface area (Å²) >= 11 is 0. The van der Waals surface area contributed by atoms with Crippen molar-refractivity contribution in [2.75, 3.05) is 0 Å². The van der Waals surface area contributed by atoms with Crippen molar-refractivity contribution in [2.24, 2.45) is 0 Å². The second-order valence-corrected chi connectivity index (χ2v) is 8.96. The summed E-state index contributed by atoms with van der Waals surface area (Å²) < 4.78 is 5.72. The lowest BCUT2D eigenvalue weighted by Gasteiger charge is -2.31. The van der Waals surface area contributed by atoms with Gasteiger partial charge in [-0.25, -0.2) is 9.59 Å². The molecule has 4 rings (SSSR count). The topological polar surface area (TPSA) is 107 Å². The SMILES string of the molecule is O=C1OC(Cc2ccccc2)(C(=O)O)CC(O)[C@H](Cc2ccccc2)N1Cc1ccc(CO)cc1. The first-order valence-electron chi connectivity index (χ1n) is 11.6. The number of carbonyl (C=O) groups excluding carboxylic acids is 1. The Morgan fingerprint density at radius 1 is 0.886 bits per heavy atom. The van der Waals surface area contributed by atoms with Gasteiger partial charge in [0, 0.05) is 19.4 Å². The molecule has 0 bridgehead atoms. The maximum atomic E-state index is 13.5. The van der Waals surface area contributed by atoms with Gasteiger partial charge in [-0.05, 0) is 28.7 Å². The third-order valence-electron chi connectivity index (χ3n) is 6.47. The zero-order chi connectivity index (χ0) is 24.8. The minimum absolute atomic E-state index is 0.0525. The Morgan fingerprint density at radius 3 is 2.03 bits per heavy atom. The lowest BCUT2D eigenvalue weighted by molar-refractivity contribution is -0.161. The first-order chi connectivity index (χ1) is 16.9. The summed E-state index contributed by atoms with van der Waals surface area (Å²) in [6, 6.07) is 24.8. The molecule has 182 valence electrons. The van der Waals surface area contributed by atoms with Crippen LogP contribution in [0, 0.1) is 0 Å². The average Bonchev–Trinajstić information content (AvgIpc) is 2.96. The Bertz CT molecular complexity index is 1140. The molecule has 0 aliphatic carbocycles. The van der Waals surface area contributed by atoms with Crippen LogP contribution in [-0.4, -0.2) is 50.0 Å². The van der Waals surface area contributed by atoms with Gasteiger partial charge in [0.05, 0.1) is 18.8 Å². The third kappa shape index (κ3) is 5.70. The van der Waals surface area contributed by atoms with Crippen molar-refractivity contribution in [1.82, 2.24) is 4.90 Å². The van der Waals surface area contributed by atoms with Crippen LogP contribution in [0.2, 0.25) is 0 Å². The number of cyclic esters (lactones) is 1. The Balaban J connectivity index is 1.70. The number of nitrogens with zero attached hydrogens (tertiary/aromatic N) is 1. The van der Waals surface area contributed by atoms with Crippen LogP contribution >= 0.6 is 0 Å². The van der Waals surface area contributed by atoms with E-state index < -0.39 is 29.8 Å². The molecule has 0 spiro atoms. The van der Waals surface area contributed by atoms with Crippen molar-refractivity contribution in [3.05, 3.63) is 107 Å². The first kappa shape index (κ1) is 24.4. The van der Waals surface area contributed by atoms with Gasteiger partial charge in [0.2, 0.25) is 5.60 Å². The average molecular weight is 476 g/mol. The lowest BCUT2D eigenvalue weighted by Crippen LogP contribution is -2.47. The van der Waals surface area contributed by atoms with Crippen molar-refractivity contribution in [1.29, 1.82) is 0 Å². The van der Waals surface area contributed by atoms with Crippen LogP contribution in [0.3, 0.4) is 0 Å². The minimum Gasteiger partial charge on any atom is -0.478 e. The largest absolute Gasteiger partial charge is 0.478 e. The third-order valence-corrected chi connectivity index (χ3v) is 6.47. The fraction of sp³-hybridized carbons (Fsp3) is 0.286. The van der Waals surface area contributed by atoms with E-state index in [0.29, 0.717) is 12.0 Å². The Hall–Kier alpha value is -3.68. The summed E-state index contributed by atoms with van der Waals surface area (Å²) in [7, 11) is 0. The summed E-state index contributed by atoms with van der Waals surface area (Å²) in [5.74, 6) is -1.29. The standard InChI is InChI=1S/C28H29NO6/c30-19-23-13-11-22(12-14-23)18-29-24(15-20-7-3-1-4-8-20)25(31)17-28(26(32)33,35-27(29)34)16-21-9-5-2-6-10-21/h1-14,24-25,30-31H,15-19H2,(H,32,33)/t24-,25?,28?/m0/s1. The summed E-state index contributed by atoms with van der Waals surface area (Å²) in [5.41, 5.74) is 1.22. The van der Waals surface area contributed by atoms with E-state index in [1.807, 2.05) is 36.4 Å². The zero-order valence-electron chi connectivity index (χ0n) is 19.3. The van der Waals surface area contributed by atoms with E-state index in [9.17, 15) is 24.9 Å². The number of aliphatic hydroxyl groups excluding tert-OH is 2. The molecule has 7 heteroatoms.